The quantitative estimate of drug-likeness (QED) is 0.746. The van der Waals surface area contributed by atoms with Crippen LogP contribution in [0.2, 0.25) is 0 Å². The van der Waals surface area contributed by atoms with Gasteiger partial charge in [-0.3, -0.25) is 4.79 Å². The summed E-state index contributed by atoms with van der Waals surface area (Å²) in [6.45, 7) is 0. The van der Waals surface area contributed by atoms with Crippen molar-refractivity contribution in [2.75, 3.05) is 0 Å². The van der Waals surface area contributed by atoms with Crippen LogP contribution in [0.5, 0.6) is 0 Å². The molecule has 0 heterocycles. The summed E-state index contributed by atoms with van der Waals surface area (Å²) in [7, 11) is 0. The minimum absolute atomic E-state index is 0.0810. The van der Waals surface area contributed by atoms with Crippen LogP contribution < -0.4 is 5.48 Å². The van der Waals surface area contributed by atoms with Crippen molar-refractivity contribution >= 4 is 11.9 Å². The summed E-state index contributed by atoms with van der Waals surface area (Å²) in [6, 6.07) is 7.37. The maximum atomic E-state index is 11.7. The predicted octanol–water partition coefficient (Wildman–Crippen LogP) is 1.44. The normalized spacial score (nSPS) is 10.7. The molecule has 0 aromatic heterocycles. The molecule has 86 valence electrons. The molecular formula is C9H6F3NO3. The summed E-state index contributed by atoms with van der Waals surface area (Å²) in [6.07, 6.45) is -5.13. The van der Waals surface area contributed by atoms with E-state index in [1.54, 1.807) is 6.07 Å². The summed E-state index contributed by atoms with van der Waals surface area (Å²) in [5, 5.41) is 0. The van der Waals surface area contributed by atoms with Gasteiger partial charge in [-0.05, 0) is 12.1 Å². The lowest BCUT2D eigenvalue weighted by atomic mass is 10.2. The van der Waals surface area contributed by atoms with E-state index < -0.39 is 18.1 Å². The molecule has 0 spiro atoms. The third-order valence-corrected chi connectivity index (χ3v) is 1.50. The predicted molar refractivity (Wildman–Crippen MR) is 46.1 cm³/mol. The van der Waals surface area contributed by atoms with Crippen LogP contribution >= 0.6 is 0 Å². The van der Waals surface area contributed by atoms with Gasteiger partial charge in [0.05, 0.1) is 0 Å². The zero-order valence-electron chi connectivity index (χ0n) is 7.75. The number of amides is 1. The van der Waals surface area contributed by atoms with Crippen molar-refractivity contribution in [1.82, 2.24) is 5.48 Å². The molecule has 1 aromatic carbocycles. The van der Waals surface area contributed by atoms with Gasteiger partial charge in [0.2, 0.25) is 0 Å². The Morgan fingerprint density at radius 2 is 1.69 bits per heavy atom. The molecule has 0 fully saturated rings. The maximum absolute atomic E-state index is 11.7. The number of alkyl halides is 3. The van der Waals surface area contributed by atoms with Crippen molar-refractivity contribution in [3.05, 3.63) is 35.9 Å². The van der Waals surface area contributed by atoms with Gasteiger partial charge in [-0.1, -0.05) is 18.2 Å². The lowest BCUT2D eigenvalue weighted by Gasteiger charge is -2.07. The van der Waals surface area contributed by atoms with E-state index in [0.29, 0.717) is 0 Å². The maximum Gasteiger partial charge on any atom is 0.493 e. The first-order valence-corrected chi connectivity index (χ1v) is 4.04. The molecule has 0 aliphatic carbocycles. The van der Waals surface area contributed by atoms with Gasteiger partial charge < -0.3 is 4.84 Å². The van der Waals surface area contributed by atoms with Crippen molar-refractivity contribution in [3.8, 4) is 0 Å². The Bertz CT molecular complexity index is 389. The molecule has 1 N–H and O–H groups in total. The summed E-state index contributed by atoms with van der Waals surface area (Å²) < 4.78 is 35.0. The Labute approximate surface area is 88.0 Å². The van der Waals surface area contributed by atoms with Gasteiger partial charge in [-0.15, -0.1) is 0 Å². The molecule has 0 radical (unpaired) electrons. The minimum atomic E-state index is -5.13. The van der Waals surface area contributed by atoms with Gasteiger partial charge in [0.15, 0.2) is 0 Å². The number of halogens is 3. The van der Waals surface area contributed by atoms with Gasteiger partial charge in [0.1, 0.15) is 0 Å². The number of hydrogen-bond acceptors (Lipinski definition) is 3. The third kappa shape index (κ3) is 3.26. The van der Waals surface area contributed by atoms with Crippen molar-refractivity contribution < 1.29 is 27.6 Å². The number of carbonyl (C=O) groups is 2. The third-order valence-electron chi connectivity index (χ3n) is 1.50. The molecule has 0 unspecified atom stereocenters. The highest BCUT2D eigenvalue weighted by Crippen LogP contribution is 2.15. The van der Waals surface area contributed by atoms with Gasteiger partial charge in [0, 0.05) is 5.56 Å². The standard InChI is InChI=1S/C9H6F3NO3/c10-9(11,12)8(15)16-13-7(14)6-4-2-1-3-5-6/h1-5H,(H,13,14). The molecule has 0 atom stereocenters. The van der Waals surface area contributed by atoms with E-state index in [1.165, 1.54) is 29.7 Å². The van der Waals surface area contributed by atoms with Crippen molar-refractivity contribution in [2.45, 2.75) is 6.18 Å². The Kier molecular flexibility index (Phi) is 3.49. The zero-order chi connectivity index (χ0) is 12.2. The molecule has 1 amide bonds. The second-order valence-electron chi connectivity index (χ2n) is 2.68. The molecule has 0 saturated carbocycles. The molecule has 0 saturated heterocycles. The lowest BCUT2D eigenvalue weighted by molar-refractivity contribution is -0.204. The van der Waals surface area contributed by atoms with E-state index in [9.17, 15) is 22.8 Å². The van der Waals surface area contributed by atoms with Gasteiger partial charge >= 0.3 is 12.1 Å². The van der Waals surface area contributed by atoms with Crippen molar-refractivity contribution in [2.24, 2.45) is 0 Å². The smallest absolute Gasteiger partial charge is 0.332 e. The van der Waals surface area contributed by atoms with Gasteiger partial charge in [-0.25, -0.2) is 4.79 Å². The van der Waals surface area contributed by atoms with E-state index in [-0.39, 0.29) is 5.56 Å². The number of hydrogen-bond donors (Lipinski definition) is 1. The molecule has 0 bridgehead atoms. The topological polar surface area (TPSA) is 55.4 Å². The molecule has 16 heavy (non-hydrogen) atoms. The van der Waals surface area contributed by atoms with Crippen molar-refractivity contribution in [3.63, 3.8) is 0 Å². The highest BCUT2D eigenvalue weighted by molar-refractivity contribution is 5.94. The lowest BCUT2D eigenvalue weighted by Crippen LogP contribution is -2.34. The number of carbonyl (C=O) groups excluding carboxylic acids is 2. The largest absolute Gasteiger partial charge is 0.493 e. The Morgan fingerprint density at radius 3 is 2.19 bits per heavy atom. The summed E-state index contributed by atoms with van der Waals surface area (Å²) in [5.41, 5.74) is 1.48. The number of nitrogens with one attached hydrogen (secondary N) is 1. The van der Waals surface area contributed by atoms with Crippen LogP contribution in [0.4, 0.5) is 13.2 Å². The average Bonchev–Trinajstić information content (AvgIpc) is 2.25. The average molecular weight is 233 g/mol. The van der Waals surface area contributed by atoms with Crippen LogP contribution in [-0.2, 0) is 9.63 Å². The van der Waals surface area contributed by atoms with Crippen LogP contribution in [-0.4, -0.2) is 18.1 Å². The second-order valence-corrected chi connectivity index (χ2v) is 2.68. The summed E-state index contributed by atoms with van der Waals surface area (Å²) in [4.78, 5) is 24.9. The Morgan fingerprint density at radius 1 is 1.12 bits per heavy atom. The Hall–Kier alpha value is -2.05. The molecule has 0 aliphatic heterocycles. The monoisotopic (exact) mass is 233 g/mol. The fraction of sp³-hybridized carbons (Fsp3) is 0.111. The Balaban J connectivity index is 2.52. The van der Waals surface area contributed by atoms with Crippen LogP contribution in [0.1, 0.15) is 10.4 Å². The van der Waals surface area contributed by atoms with E-state index in [0.717, 1.165) is 0 Å². The fourth-order valence-electron chi connectivity index (χ4n) is 0.799. The van der Waals surface area contributed by atoms with E-state index >= 15 is 0 Å². The highest BCUT2D eigenvalue weighted by Gasteiger charge is 2.41. The summed E-state index contributed by atoms with van der Waals surface area (Å²) >= 11 is 0. The molecule has 7 heteroatoms. The van der Waals surface area contributed by atoms with Crippen LogP contribution in [0.25, 0.3) is 0 Å². The minimum Gasteiger partial charge on any atom is -0.332 e. The molecule has 4 nitrogen and oxygen atoms in total. The van der Waals surface area contributed by atoms with Crippen LogP contribution in [0.15, 0.2) is 30.3 Å². The first-order valence-electron chi connectivity index (χ1n) is 4.04. The first kappa shape index (κ1) is 12.0. The van der Waals surface area contributed by atoms with E-state index in [2.05, 4.69) is 4.84 Å². The van der Waals surface area contributed by atoms with Gasteiger partial charge in [0.25, 0.3) is 5.91 Å². The van der Waals surface area contributed by atoms with Crippen molar-refractivity contribution in [1.29, 1.82) is 0 Å². The van der Waals surface area contributed by atoms with Gasteiger partial charge in [-0.2, -0.15) is 18.7 Å². The van der Waals surface area contributed by atoms with Crippen LogP contribution in [0, 0.1) is 0 Å². The SMILES string of the molecule is O=C(NOC(=O)C(F)(F)F)c1ccccc1. The summed E-state index contributed by atoms with van der Waals surface area (Å²) in [5.74, 6) is -3.41. The van der Waals surface area contributed by atoms with E-state index in [4.69, 9.17) is 0 Å². The van der Waals surface area contributed by atoms with Crippen LogP contribution in [0.3, 0.4) is 0 Å². The highest BCUT2D eigenvalue weighted by atomic mass is 19.4. The second kappa shape index (κ2) is 4.65. The molecule has 1 rings (SSSR count). The number of benzene rings is 1. The van der Waals surface area contributed by atoms with E-state index in [1.807, 2.05) is 0 Å². The molecule has 1 aromatic rings. The molecule has 0 aliphatic rings. The number of rotatable bonds is 1. The number of hydroxylamine groups is 1. The zero-order valence-corrected chi connectivity index (χ0v) is 7.75. The molecular weight excluding hydrogens is 227 g/mol. The fourth-order valence-corrected chi connectivity index (χ4v) is 0.799. The first-order chi connectivity index (χ1) is 7.41.